The molecule has 3 rings (SSSR count). The second-order valence-electron chi connectivity index (χ2n) is 9.48. The zero-order valence-corrected chi connectivity index (χ0v) is 18.8. The lowest BCUT2D eigenvalue weighted by Crippen LogP contribution is -2.45. The summed E-state index contributed by atoms with van der Waals surface area (Å²) in [6.45, 7) is 11.4. The van der Waals surface area contributed by atoms with E-state index in [2.05, 4.69) is 44.3 Å². The molecule has 0 bridgehead atoms. The van der Waals surface area contributed by atoms with Gasteiger partial charge in [-0.15, -0.1) is 0 Å². The van der Waals surface area contributed by atoms with Crippen molar-refractivity contribution < 1.29 is 9.35 Å². The van der Waals surface area contributed by atoms with Crippen LogP contribution in [-0.2, 0) is 11.5 Å². The third-order valence-electron chi connectivity index (χ3n) is 6.23. The molecule has 1 aromatic heterocycles. The molecule has 1 N–H and O–H groups in total. The Hall–Kier alpha value is -1.93. The number of hydrogen-bond donors (Lipinski definition) is 1. The van der Waals surface area contributed by atoms with E-state index in [-0.39, 0.29) is 21.7 Å². The Bertz CT molecular complexity index is 864. The fraction of sp³-hybridized carbons (Fsp3) is 0.650. The van der Waals surface area contributed by atoms with Gasteiger partial charge in [-0.05, 0) is 49.9 Å². The average Bonchev–Trinajstić information content (AvgIpc) is 2.93. The maximum atomic E-state index is 11.5. The maximum absolute atomic E-state index is 11.5. The van der Waals surface area contributed by atoms with Gasteiger partial charge in [0.05, 0.1) is 10.4 Å². The van der Waals surface area contributed by atoms with Crippen molar-refractivity contribution in [2.24, 2.45) is 7.05 Å². The first-order valence-corrected chi connectivity index (χ1v) is 12.9. The van der Waals surface area contributed by atoms with Crippen LogP contribution in [-0.4, -0.2) is 35.2 Å². The van der Waals surface area contributed by atoms with Gasteiger partial charge in [0.1, 0.15) is 5.69 Å². The van der Waals surface area contributed by atoms with E-state index in [4.69, 9.17) is 4.43 Å². The lowest BCUT2D eigenvalue weighted by molar-refractivity contribution is -0.383. The third-order valence-corrected chi connectivity index (χ3v) is 10.8. The topological polar surface area (TPSA) is 82.2 Å². The molecule has 0 amide bonds. The molecule has 1 heterocycles. The summed E-state index contributed by atoms with van der Waals surface area (Å²) in [4.78, 5) is 11.2. The summed E-state index contributed by atoms with van der Waals surface area (Å²) in [5.41, 5.74) is 1.44. The SMILES string of the molecule is Cn1cc2cc([N+](=O)[O-])c(NC3CCC(O[Si](C)(C)C(C)(C)C)CC3)cc2n1. The van der Waals surface area contributed by atoms with Gasteiger partial charge < -0.3 is 9.74 Å². The largest absolute Gasteiger partial charge is 0.414 e. The molecule has 0 spiro atoms. The molecule has 1 aromatic carbocycles. The summed E-state index contributed by atoms with van der Waals surface area (Å²) in [5, 5.41) is 20.3. The monoisotopic (exact) mass is 404 g/mol. The van der Waals surface area contributed by atoms with Crippen molar-refractivity contribution in [1.29, 1.82) is 0 Å². The summed E-state index contributed by atoms with van der Waals surface area (Å²) < 4.78 is 8.24. The zero-order valence-electron chi connectivity index (χ0n) is 17.8. The first kappa shape index (κ1) is 20.8. The summed E-state index contributed by atoms with van der Waals surface area (Å²) in [7, 11) is 0.0612. The lowest BCUT2D eigenvalue weighted by Gasteiger charge is -2.41. The van der Waals surface area contributed by atoms with E-state index in [1.54, 1.807) is 23.0 Å². The quantitative estimate of drug-likeness (QED) is 0.419. The Morgan fingerprint density at radius 3 is 2.46 bits per heavy atom. The first-order valence-electron chi connectivity index (χ1n) is 10.0. The predicted octanol–water partition coefficient (Wildman–Crippen LogP) is 5.23. The second kappa shape index (κ2) is 7.48. The van der Waals surface area contributed by atoms with Crippen molar-refractivity contribution in [3.8, 4) is 0 Å². The molecule has 0 aliphatic heterocycles. The van der Waals surface area contributed by atoms with Crippen LogP contribution < -0.4 is 5.32 Å². The molecular weight excluding hydrogens is 372 g/mol. The number of fused-ring (bicyclic) bond motifs is 1. The molecule has 2 aromatic rings. The third kappa shape index (κ3) is 4.38. The minimum Gasteiger partial charge on any atom is -0.414 e. The van der Waals surface area contributed by atoms with Gasteiger partial charge in [-0.1, -0.05) is 20.8 Å². The van der Waals surface area contributed by atoms with Gasteiger partial charge in [0, 0.05) is 36.8 Å². The fourth-order valence-corrected chi connectivity index (χ4v) is 5.01. The van der Waals surface area contributed by atoms with Gasteiger partial charge in [0.2, 0.25) is 0 Å². The van der Waals surface area contributed by atoms with Crippen LogP contribution in [0, 0.1) is 10.1 Å². The van der Waals surface area contributed by atoms with E-state index < -0.39 is 8.32 Å². The van der Waals surface area contributed by atoms with Crippen molar-refractivity contribution in [1.82, 2.24) is 9.78 Å². The highest BCUT2D eigenvalue weighted by molar-refractivity contribution is 6.74. The highest BCUT2D eigenvalue weighted by atomic mass is 28.4. The van der Waals surface area contributed by atoms with Crippen LogP contribution >= 0.6 is 0 Å². The van der Waals surface area contributed by atoms with E-state index in [0.29, 0.717) is 11.8 Å². The van der Waals surface area contributed by atoms with Crippen molar-refractivity contribution >= 4 is 30.6 Å². The molecule has 0 radical (unpaired) electrons. The number of aromatic nitrogens is 2. The van der Waals surface area contributed by atoms with E-state index in [9.17, 15) is 10.1 Å². The van der Waals surface area contributed by atoms with Crippen molar-refractivity contribution in [3.05, 3.63) is 28.4 Å². The van der Waals surface area contributed by atoms with E-state index in [1.165, 1.54) is 0 Å². The predicted molar refractivity (Wildman–Crippen MR) is 115 cm³/mol. The van der Waals surface area contributed by atoms with Crippen LogP contribution in [0.15, 0.2) is 18.3 Å². The Kier molecular flexibility index (Phi) is 5.55. The summed E-state index contributed by atoms with van der Waals surface area (Å²) in [6, 6.07) is 3.63. The highest BCUT2D eigenvalue weighted by Gasteiger charge is 2.39. The van der Waals surface area contributed by atoms with Crippen LogP contribution in [0.4, 0.5) is 11.4 Å². The van der Waals surface area contributed by atoms with E-state index in [1.807, 2.05) is 7.05 Å². The number of anilines is 1. The molecule has 1 fully saturated rings. The average molecular weight is 405 g/mol. The van der Waals surface area contributed by atoms with Crippen molar-refractivity contribution in [2.75, 3.05) is 5.32 Å². The maximum Gasteiger partial charge on any atom is 0.293 e. The van der Waals surface area contributed by atoms with Gasteiger partial charge in [-0.3, -0.25) is 14.8 Å². The minimum atomic E-state index is -1.76. The smallest absolute Gasteiger partial charge is 0.293 e. The number of nitro groups is 1. The molecular formula is C20H32N4O3Si. The number of benzene rings is 1. The summed E-state index contributed by atoms with van der Waals surface area (Å²) in [6.07, 6.45) is 5.99. The summed E-state index contributed by atoms with van der Waals surface area (Å²) >= 11 is 0. The number of aryl methyl sites for hydroxylation is 1. The number of nitro benzene ring substituents is 1. The van der Waals surface area contributed by atoms with E-state index >= 15 is 0 Å². The Morgan fingerprint density at radius 1 is 1.25 bits per heavy atom. The van der Waals surface area contributed by atoms with Crippen LogP contribution in [0.2, 0.25) is 18.1 Å². The molecule has 7 nitrogen and oxygen atoms in total. The molecule has 1 saturated carbocycles. The molecule has 1 aliphatic rings. The van der Waals surface area contributed by atoms with Crippen LogP contribution in [0.3, 0.4) is 0 Å². The Labute approximate surface area is 167 Å². The van der Waals surface area contributed by atoms with Crippen LogP contribution in [0.25, 0.3) is 10.9 Å². The Morgan fingerprint density at radius 2 is 1.89 bits per heavy atom. The standard InChI is InChI=1S/C20H32N4O3Si/c1-20(2,3)28(5,6)27-16-9-7-15(8-10-16)21-18-12-17-14(13-23(4)22-17)11-19(18)24(25)26/h11-13,15-16,21H,7-10H2,1-6H3. The fourth-order valence-electron chi connectivity index (χ4n) is 3.59. The molecule has 28 heavy (non-hydrogen) atoms. The molecule has 0 atom stereocenters. The minimum absolute atomic E-state index is 0.111. The molecule has 8 heteroatoms. The van der Waals surface area contributed by atoms with Gasteiger partial charge in [0.15, 0.2) is 8.32 Å². The highest BCUT2D eigenvalue weighted by Crippen LogP contribution is 2.39. The second-order valence-corrected chi connectivity index (χ2v) is 14.2. The van der Waals surface area contributed by atoms with Crippen LogP contribution in [0.1, 0.15) is 46.5 Å². The van der Waals surface area contributed by atoms with Gasteiger partial charge in [-0.2, -0.15) is 5.10 Å². The molecule has 154 valence electrons. The number of nitrogens with one attached hydrogen (secondary N) is 1. The van der Waals surface area contributed by atoms with Gasteiger partial charge in [-0.25, -0.2) is 0 Å². The molecule has 0 saturated heterocycles. The normalized spacial score (nSPS) is 21.1. The summed E-state index contributed by atoms with van der Waals surface area (Å²) in [5.74, 6) is 0. The first-order chi connectivity index (χ1) is 13.0. The molecule has 0 unspecified atom stereocenters. The number of rotatable bonds is 5. The van der Waals surface area contributed by atoms with Crippen molar-refractivity contribution in [2.45, 2.75) is 76.7 Å². The van der Waals surface area contributed by atoms with Gasteiger partial charge >= 0.3 is 0 Å². The Balaban J connectivity index is 1.68. The molecule has 1 aliphatic carbocycles. The van der Waals surface area contributed by atoms with Crippen LogP contribution in [0.5, 0.6) is 0 Å². The lowest BCUT2D eigenvalue weighted by atomic mass is 9.93. The zero-order chi connectivity index (χ0) is 20.7. The van der Waals surface area contributed by atoms with Gasteiger partial charge in [0.25, 0.3) is 5.69 Å². The number of nitrogens with zero attached hydrogens (tertiary/aromatic N) is 3. The van der Waals surface area contributed by atoms with E-state index in [0.717, 1.165) is 36.6 Å². The van der Waals surface area contributed by atoms with Crippen molar-refractivity contribution in [3.63, 3.8) is 0 Å². The number of hydrogen-bond acceptors (Lipinski definition) is 5.